The molecule has 1 unspecified atom stereocenters. The van der Waals surface area contributed by atoms with Crippen LogP contribution in [0, 0.1) is 5.92 Å². The molecule has 0 radical (unpaired) electrons. The van der Waals surface area contributed by atoms with Gasteiger partial charge < -0.3 is 15.0 Å². The van der Waals surface area contributed by atoms with E-state index in [9.17, 15) is 4.79 Å². The molecular weight excluding hydrogens is 356 g/mol. The Morgan fingerprint density at radius 2 is 2.00 bits per heavy atom. The molecule has 140 valence electrons. The fourth-order valence-electron chi connectivity index (χ4n) is 3.39. The second-order valence-electron chi connectivity index (χ2n) is 6.75. The highest BCUT2D eigenvalue weighted by molar-refractivity contribution is 7.99. The van der Waals surface area contributed by atoms with Gasteiger partial charge in [-0.1, -0.05) is 30.3 Å². The van der Waals surface area contributed by atoms with E-state index in [-0.39, 0.29) is 18.3 Å². The number of amides is 1. The van der Waals surface area contributed by atoms with E-state index in [1.807, 2.05) is 30.0 Å². The fraction of sp³-hybridized carbons (Fsp3) is 0.632. The molecule has 1 atom stereocenters. The zero-order chi connectivity index (χ0) is 16.6. The number of nitrogens with one attached hydrogen (secondary N) is 1. The van der Waals surface area contributed by atoms with Gasteiger partial charge in [-0.15, -0.1) is 12.4 Å². The Balaban J connectivity index is 0.00000225. The molecule has 1 aromatic carbocycles. The lowest BCUT2D eigenvalue weighted by atomic mass is 9.99. The first-order valence-corrected chi connectivity index (χ1v) is 10.2. The molecular formula is C19H29ClN2O2S. The van der Waals surface area contributed by atoms with Gasteiger partial charge in [0.15, 0.2) is 0 Å². The molecule has 25 heavy (non-hydrogen) atoms. The number of hydrogen-bond acceptors (Lipinski definition) is 4. The van der Waals surface area contributed by atoms with E-state index in [2.05, 4.69) is 22.3 Å². The minimum Gasteiger partial charge on any atom is -0.381 e. The predicted octanol–water partition coefficient (Wildman–Crippen LogP) is 2.96. The van der Waals surface area contributed by atoms with Gasteiger partial charge in [-0.25, -0.2) is 0 Å². The standard InChI is InChI=1S/C19H28N2O2S.ClH/c22-19(12-18-15-24-11-8-20-18)21(13-16-4-2-1-3-5-16)14-17-6-9-23-10-7-17;/h1-5,17-18,20H,6-15H2;1H. The highest BCUT2D eigenvalue weighted by Gasteiger charge is 2.24. The zero-order valence-corrected chi connectivity index (χ0v) is 16.3. The van der Waals surface area contributed by atoms with Gasteiger partial charge in [0.05, 0.1) is 0 Å². The summed E-state index contributed by atoms with van der Waals surface area (Å²) in [4.78, 5) is 15.0. The van der Waals surface area contributed by atoms with Crippen molar-refractivity contribution >= 4 is 30.1 Å². The molecule has 0 spiro atoms. The van der Waals surface area contributed by atoms with Crippen LogP contribution in [-0.2, 0) is 16.1 Å². The van der Waals surface area contributed by atoms with Crippen LogP contribution in [0.1, 0.15) is 24.8 Å². The van der Waals surface area contributed by atoms with E-state index in [1.54, 1.807) is 0 Å². The SMILES string of the molecule is Cl.O=C(CC1CSCCN1)N(Cc1ccccc1)CC1CCOCC1. The molecule has 0 bridgehead atoms. The minimum atomic E-state index is 0. The summed E-state index contributed by atoms with van der Waals surface area (Å²) in [5.41, 5.74) is 1.21. The van der Waals surface area contributed by atoms with Crippen molar-refractivity contribution in [2.75, 3.05) is 37.8 Å². The highest BCUT2D eigenvalue weighted by atomic mass is 35.5. The Hall–Kier alpha value is -0.750. The molecule has 6 heteroatoms. The normalized spacial score (nSPS) is 21.4. The van der Waals surface area contributed by atoms with Crippen molar-refractivity contribution in [2.24, 2.45) is 5.92 Å². The van der Waals surface area contributed by atoms with Crippen LogP contribution in [0.4, 0.5) is 0 Å². The number of halogens is 1. The second-order valence-corrected chi connectivity index (χ2v) is 7.90. The summed E-state index contributed by atoms with van der Waals surface area (Å²) < 4.78 is 5.47. The molecule has 3 rings (SSSR count). The Bertz CT molecular complexity index is 505. The molecule has 1 aromatic rings. The van der Waals surface area contributed by atoms with Gasteiger partial charge in [-0.2, -0.15) is 11.8 Å². The maximum Gasteiger partial charge on any atom is 0.224 e. The lowest BCUT2D eigenvalue weighted by Gasteiger charge is -2.32. The smallest absolute Gasteiger partial charge is 0.224 e. The van der Waals surface area contributed by atoms with Crippen LogP contribution in [0.15, 0.2) is 30.3 Å². The summed E-state index contributed by atoms with van der Waals surface area (Å²) in [6.45, 7) is 4.26. The van der Waals surface area contributed by atoms with Crippen LogP contribution in [0.3, 0.4) is 0 Å². The minimum absolute atomic E-state index is 0. The van der Waals surface area contributed by atoms with Crippen molar-refractivity contribution in [3.05, 3.63) is 35.9 Å². The molecule has 0 aromatic heterocycles. The van der Waals surface area contributed by atoms with Crippen molar-refractivity contribution in [3.8, 4) is 0 Å². The Labute approximate surface area is 161 Å². The number of hydrogen-bond donors (Lipinski definition) is 1. The van der Waals surface area contributed by atoms with Gasteiger partial charge in [0.1, 0.15) is 0 Å². The summed E-state index contributed by atoms with van der Waals surface area (Å²) >= 11 is 1.95. The third kappa shape index (κ3) is 6.81. The van der Waals surface area contributed by atoms with Gasteiger partial charge in [0.2, 0.25) is 5.91 Å². The quantitative estimate of drug-likeness (QED) is 0.818. The van der Waals surface area contributed by atoms with Gasteiger partial charge >= 0.3 is 0 Å². The van der Waals surface area contributed by atoms with E-state index in [0.29, 0.717) is 18.4 Å². The highest BCUT2D eigenvalue weighted by Crippen LogP contribution is 2.19. The topological polar surface area (TPSA) is 41.6 Å². The molecule has 1 amide bonds. The van der Waals surface area contributed by atoms with Gasteiger partial charge in [-0.3, -0.25) is 4.79 Å². The predicted molar refractivity (Wildman–Crippen MR) is 106 cm³/mol. The summed E-state index contributed by atoms with van der Waals surface area (Å²) in [7, 11) is 0. The number of thioether (sulfide) groups is 1. The number of benzene rings is 1. The number of carbonyl (C=O) groups is 1. The van der Waals surface area contributed by atoms with Crippen molar-refractivity contribution in [2.45, 2.75) is 31.8 Å². The summed E-state index contributed by atoms with van der Waals surface area (Å²) in [6.07, 6.45) is 2.75. The zero-order valence-electron chi connectivity index (χ0n) is 14.7. The molecule has 2 aliphatic rings. The molecule has 4 nitrogen and oxygen atoms in total. The van der Waals surface area contributed by atoms with E-state index in [0.717, 1.165) is 57.2 Å². The summed E-state index contributed by atoms with van der Waals surface area (Å²) in [5, 5.41) is 3.48. The third-order valence-corrected chi connectivity index (χ3v) is 5.94. The van der Waals surface area contributed by atoms with Crippen LogP contribution in [-0.4, -0.2) is 54.7 Å². The first kappa shape index (κ1) is 20.6. The van der Waals surface area contributed by atoms with Crippen molar-refractivity contribution in [3.63, 3.8) is 0 Å². The second kappa shape index (κ2) is 11.1. The van der Waals surface area contributed by atoms with Crippen LogP contribution < -0.4 is 5.32 Å². The first-order valence-electron chi connectivity index (χ1n) is 9.02. The maximum absolute atomic E-state index is 12.9. The first-order chi connectivity index (χ1) is 11.8. The van der Waals surface area contributed by atoms with Gasteiger partial charge in [0.25, 0.3) is 0 Å². The van der Waals surface area contributed by atoms with E-state index in [1.165, 1.54) is 5.56 Å². The molecule has 2 heterocycles. The lowest BCUT2D eigenvalue weighted by molar-refractivity contribution is -0.133. The Kier molecular flexibility index (Phi) is 9.10. The van der Waals surface area contributed by atoms with Crippen LogP contribution in [0.5, 0.6) is 0 Å². The Morgan fingerprint density at radius 1 is 1.24 bits per heavy atom. The molecule has 2 fully saturated rings. The van der Waals surface area contributed by atoms with Crippen LogP contribution in [0.25, 0.3) is 0 Å². The average Bonchev–Trinajstić information content (AvgIpc) is 2.64. The number of nitrogens with zero attached hydrogens (tertiary/aromatic N) is 1. The third-order valence-electron chi connectivity index (χ3n) is 4.81. The maximum atomic E-state index is 12.9. The molecule has 2 saturated heterocycles. The number of carbonyl (C=O) groups excluding carboxylic acids is 1. The monoisotopic (exact) mass is 384 g/mol. The molecule has 2 aliphatic heterocycles. The molecule has 1 N–H and O–H groups in total. The van der Waals surface area contributed by atoms with Gasteiger partial charge in [0, 0.05) is 56.8 Å². The molecule has 0 aliphatic carbocycles. The van der Waals surface area contributed by atoms with Crippen LogP contribution >= 0.6 is 24.2 Å². The van der Waals surface area contributed by atoms with E-state index < -0.39 is 0 Å². The molecule has 0 saturated carbocycles. The average molecular weight is 385 g/mol. The Morgan fingerprint density at radius 3 is 2.68 bits per heavy atom. The fourth-order valence-corrected chi connectivity index (χ4v) is 4.34. The summed E-state index contributed by atoms with van der Waals surface area (Å²) in [5.74, 6) is 3.05. The van der Waals surface area contributed by atoms with E-state index in [4.69, 9.17) is 4.74 Å². The van der Waals surface area contributed by atoms with E-state index >= 15 is 0 Å². The van der Waals surface area contributed by atoms with Gasteiger partial charge in [-0.05, 0) is 24.3 Å². The largest absolute Gasteiger partial charge is 0.381 e. The lowest BCUT2D eigenvalue weighted by Crippen LogP contribution is -2.44. The van der Waals surface area contributed by atoms with Crippen molar-refractivity contribution in [1.82, 2.24) is 10.2 Å². The van der Waals surface area contributed by atoms with Crippen molar-refractivity contribution < 1.29 is 9.53 Å². The number of rotatable bonds is 6. The van der Waals surface area contributed by atoms with Crippen LogP contribution in [0.2, 0.25) is 0 Å². The number of ether oxygens (including phenoxy) is 1. The summed E-state index contributed by atoms with van der Waals surface area (Å²) in [6, 6.07) is 10.7. The van der Waals surface area contributed by atoms with Crippen molar-refractivity contribution in [1.29, 1.82) is 0 Å².